The third kappa shape index (κ3) is 6.68. The standard InChI is InChI=1S/C26H40N6O/c1-6-7-8-12-29-26(28-3)25-23(27-2)11-13-32(25)20-22-10-9-21(18-24(22)33-5)19-31-16-14-30(4)15-17-31/h9-11,13,18,27H,3,6-8,12,14-17,19-20H2,1-2,4-5H3. The molecule has 33 heavy (non-hydrogen) atoms. The monoisotopic (exact) mass is 452 g/mol. The number of benzene rings is 1. The summed E-state index contributed by atoms with van der Waals surface area (Å²) < 4.78 is 7.97. The Balaban J connectivity index is 1.79. The summed E-state index contributed by atoms with van der Waals surface area (Å²) in [5, 5.41) is 3.27. The number of ether oxygens (including phenoxy) is 1. The highest BCUT2D eigenvalue weighted by atomic mass is 16.5. The molecule has 0 bridgehead atoms. The van der Waals surface area contributed by atoms with Gasteiger partial charge in [-0.3, -0.25) is 9.89 Å². The third-order valence-electron chi connectivity index (χ3n) is 6.31. The van der Waals surface area contributed by atoms with Crippen LogP contribution in [0.25, 0.3) is 0 Å². The van der Waals surface area contributed by atoms with Gasteiger partial charge in [-0.2, -0.15) is 0 Å². The zero-order valence-electron chi connectivity index (χ0n) is 20.8. The Bertz CT molecular complexity index is 927. The van der Waals surface area contributed by atoms with Crippen molar-refractivity contribution in [2.45, 2.75) is 39.3 Å². The van der Waals surface area contributed by atoms with E-state index in [9.17, 15) is 0 Å². The van der Waals surface area contributed by atoms with Crippen molar-refractivity contribution in [3.8, 4) is 5.75 Å². The molecule has 1 N–H and O–H groups in total. The van der Waals surface area contributed by atoms with Gasteiger partial charge < -0.3 is 19.5 Å². The number of aliphatic imine (C=N–C) groups is 2. The molecule has 1 aromatic heterocycles. The highest BCUT2D eigenvalue weighted by molar-refractivity contribution is 6.04. The van der Waals surface area contributed by atoms with E-state index in [0.29, 0.717) is 12.4 Å². The first-order valence-electron chi connectivity index (χ1n) is 12.0. The molecule has 0 aliphatic carbocycles. The summed E-state index contributed by atoms with van der Waals surface area (Å²) in [5.41, 5.74) is 4.39. The van der Waals surface area contributed by atoms with Crippen LogP contribution in [0.1, 0.15) is 43.0 Å². The van der Waals surface area contributed by atoms with E-state index in [0.717, 1.165) is 68.4 Å². The van der Waals surface area contributed by atoms with Crippen molar-refractivity contribution in [3.05, 3.63) is 47.3 Å². The zero-order valence-corrected chi connectivity index (χ0v) is 20.8. The molecule has 0 unspecified atom stereocenters. The first-order chi connectivity index (χ1) is 16.1. The van der Waals surface area contributed by atoms with E-state index in [2.05, 4.69) is 75.8 Å². The second kappa shape index (κ2) is 12.6. The molecule has 1 fully saturated rings. The van der Waals surface area contributed by atoms with Crippen molar-refractivity contribution in [2.24, 2.45) is 9.98 Å². The van der Waals surface area contributed by atoms with E-state index in [-0.39, 0.29) is 0 Å². The Kier molecular flexibility index (Phi) is 9.51. The maximum Gasteiger partial charge on any atom is 0.173 e. The zero-order chi connectivity index (χ0) is 23.6. The predicted octanol–water partition coefficient (Wildman–Crippen LogP) is 3.97. The number of hydrogen-bond donors (Lipinski definition) is 1. The van der Waals surface area contributed by atoms with E-state index in [4.69, 9.17) is 9.73 Å². The molecule has 0 amide bonds. The number of hydrogen-bond acceptors (Lipinski definition) is 5. The van der Waals surface area contributed by atoms with Crippen molar-refractivity contribution < 1.29 is 4.74 Å². The van der Waals surface area contributed by atoms with Gasteiger partial charge in [-0.25, -0.2) is 4.99 Å². The van der Waals surface area contributed by atoms with E-state index in [1.165, 1.54) is 18.4 Å². The molecule has 0 radical (unpaired) electrons. The fraction of sp³-hybridized carbons (Fsp3) is 0.538. The molecule has 180 valence electrons. The Hall–Kier alpha value is -2.64. The lowest BCUT2D eigenvalue weighted by atomic mass is 10.1. The van der Waals surface area contributed by atoms with Crippen LogP contribution in [0.5, 0.6) is 5.75 Å². The maximum absolute atomic E-state index is 5.79. The summed E-state index contributed by atoms with van der Waals surface area (Å²) in [6.07, 6.45) is 5.49. The Morgan fingerprint density at radius 3 is 2.58 bits per heavy atom. The number of methoxy groups -OCH3 is 1. The Labute approximate surface area is 199 Å². The number of amidine groups is 1. The lowest BCUT2D eigenvalue weighted by molar-refractivity contribution is 0.148. The van der Waals surface area contributed by atoms with Gasteiger partial charge in [-0.15, -0.1) is 0 Å². The van der Waals surface area contributed by atoms with Crippen LogP contribution in [-0.2, 0) is 13.1 Å². The van der Waals surface area contributed by atoms with E-state index < -0.39 is 0 Å². The van der Waals surface area contributed by atoms with Gasteiger partial charge in [-0.1, -0.05) is 31.9 Å². The molecule has 0 atom stereocenters. The van der Waals surface area contributed by atoms with Gasteiger partial charge >= 0.3 is 0 Å². The SMILES string of the molecule is C=NC(=NCCCCC)c1c(NC)ccn1Cc1ccc(CN2CCN(C)CC2)cc1OC. The molecule has 2 aromatic rings. The summed E-state index contributed by atoms with van der Waals surface area (Å²) in [6, 6.07) is 8.66. The highest BCUT2D eigenvalue weighted by Crippen LogP contribution is 2.26. The highest BCUT2D eigenvalue weighted by Gasteiger charge is 2.17. The van der Waals surface area contributed by atoms with E-state index >= 15 is 0 Å². The van der Waals surface area contributed by atoms with E-state index in [1.54, 1.807) is 7.11 Å². The molecule has 1 saturated heterocycles. The van der Waals surface area contributed by atoms with Crippen LogP contribution in [0, 0.1) is 0 Å². The van der Waals surface area contributed by atoms with Gasteiger partial charge in [0.1, 0.15) is 11.4 Å². The molecule has 2 heterocycles. The van der Waals surface area contributed by atoms with E-state index in [1.807, 2.05) is 7.05 Å². The predicted molar refractivity (Wildman–Crippen MR) is 139 cm³/mol. The summed E-state index contributed by atoms with van der Waals surface area (Å²) >= 11 is 0. The minimum absolute atomic E-state index is 0.679. The van der Waals surface area contributed by atoms with Crippen molar-refractivity contribution >= 4 is 18.2 Å². The maximum atomic E-state index is 5.79. The molecular formula is C26H40N6O. The minimum atomic E-state index is 0.679. The molecule has 3 rings (SSSR count). The van der Waals surface area contributed by atoms with Crippen molar-refractivity contribution in [1.29, 1.82) is 0 Å². The molecule has 1 aliphatic heterocycles. The van der Waals surface area contributed by atoms with Crippen molar-refractivity contribution in [3.63, 3.8) is 0 Å². The molecular weight excluding hydrogens is 412 g/mol. The summed E-state index contributed by atoms with van der Waals surface area (Å²) in [7, 11) is 5.86. The van der Waals surface area contributed by atoms with Gasteiger partial charge in [0.15, 0.2) is 5.84 Å². The van der Waals surface area contributed by atoms with Crippen LogP contribution >= 0.6 is 0 Å². The quantitative estimate of drug-likeness (QED) is 0.318. The second-order valence-electron chi connectivity index (χ2n) is 8.75. The van der Waals surface area contributed by atoms with Gasteiger partial charge in [0, 0.05) is 58.1 Å². The van der Waals surface area contributed by atoms with Crippen molar-refractivity contribution in [1.82, 2.24) is 14.4 Å². The van der Waals surface area contributed by atoms with Gasteiger partial charge in [0.25, 0.3) is 0 Å². The van der Waals surface area contributed by atoms with Crippen LogP contribution in [-0.4, -0.2) is 80.8 Å². The van der Waals surface area contributed by atoms with Crippen LogP contribution in [0.3, 0.4) is 0 Å². The van der Waals surface area contributed by atoms with Crippen molar-refractivity contribution in [2.75, 3.05) is 59.2 Å². The van der Waals surface area contributed by atoms with Gasteiger partial charge in [-0.05, 0) is 37.9 Å². The smallest absolute Gasteiger partial charge is 0.173 e. The number of likely N-dealkylation sites (N-methyl/N-ethyl adjacent to an activating group) is 1. The number of unbranched alkanes of at least 4 members (excludes halogenated alkanes) is 2. The van der Waals surface area contributed by atoms with Gasteiger partial charge in [0.2, 0.25) is 0 Å². The summed E-state index contributed by atoms with van der Waals surface area (Å²) in [4.78, 5) is 13.9. The number of aromatic nitrogens is 1. The van der Waals surface area contributed by atoms with Crippen LogP contribution in [0.15, 0.2) is 40.4 Å². The first-order valence-corrected chi connectivity index (χ1v) is 12.0. The summed E-state index contributed by atoms with van der Waals surface area (Å²) in [6.45, 7) is 12.9. The van der Waals surface area contributed by atoms with Crippen LogP contribution in [0.4, 0.5) is 5.69 Å². The molecule has 7 nitrogen and oxygen atoms in total. The van der Waals surface area contributed by atoms with Crippen LogP contribution in [0.2, 0.25) is 0 Å². The van der Waals surface area contributed by atoms with Crippen LogP contribution < -0.4 is 10.1 Å². The average molecular weight is 453 g/mol. The molecule has 1 aromatic carbocycles. The normalized spacial score (nSPS) is 15.6. The lowest BCUT2D eigenvalue weighted by Crippen LogP contribution is -2.43. The number of nitrogens with zero attached hydrogens (tertiary/aromatic N) is 5. The first kappa shape index (κ1) is 25.0. The molecule has 0 spiro atoms. The fourth-order valence-corrected chi connectivity index (χ4v) is 4.27. The Morgan fingerprint density at radius 2 is 1.91 bits per heavy atom. The third-order valence-corrected chi connectivity index (χ3v) is 6.31. The second-order valence-corrected chi connectivity index (χ2v) is 8.75. The Morgan fingerprint density at radius 1 is 1.12 bits per heavy atom. The topological polar surface area (TPSA) is 57.4 Å². The largest absolute Gasteiger partial charge is 0.496 e. The van der Waals surface area contributed by atoms with Gasteiger partial charge in [0.05, 0.1) is 19.3 Å². The number of nitrogens with one attached hydrogen (secondary N) is 1. The summed E-state index contributed by atoms with van der Waals surface area (Å²) in [5.74, 6) is 1.60. The number of piperazine rings is 1. The number of anilines is 1. The molecule has 1 aliphatic rings. The minimum Gasteiger partial charge on any atom is -0.496 e. The molecule has 0 saturated carbocycles. The fourth-order valence-electron chi connectivity index (χ4n) is 4.27. The molecule has 7 heteroatoms. The lowest BCUT2D eigenvalue weighted by Gasteiger charge is -2.32. The number of rotatable bonds is 11. The average Bonchev–Trinajstić information content (AvgIpc) is 3.24.